The lowest BCUT2D eigenvalue weighted by Gasteiger charge is -2.14. The molecule has 7 heteroatoms. The van der Waals surface area contributed by atoms with Crippen LogP contribution in [0.25, 0.3) is 6.08 Å². The lowest BCUT2D eigenvalue weighted by molar-refractivity contribution is -0.123. The van der Waals surface area contributed by atoms with E-state index < -0.39 is 0 Å². The zero-order valence-corrected chi connectivity index (χ0v) is 14.9. The first-order valence-corrected chi connectivity index (χ1v) is 8.70. The first-order valence-electron chi connectivity index (χ1n) is 7.88. The lowest BCUT2D eigenvalue weighted by Crippen LogP contribution is -2.32. The molecule has 1 heterocycles. The molecule has 134 valence electrons. The Kier molecular flexibility index (Phi) is 5.48. The maximum Gasteiger partial charge on any atom is 0.293 e. The maximum atomic E-state index is 12.4. The number of methoxy groups -OCH3 is 1. The molecule has 0 aliphatic carbocycles. The molecular formula is C19H17NO5S. The number of carbonyl (C=O) groups excluding carboxylic acids is 2. The lowest BCUT2D eigenvalue weighted by atomic mass is 10.2. The van der Waals surface area contributed by atoms with Gasteiger partial charge in [0, 0.05) is 0 Å². The number of nitrogens with zero attached hydrogens (tertiary/aromatic N) is 1. The fourth-order valence-corrected chi connectivity index (χ4v) is 3.31. The van der Waals surface area contributed by atoms with Gasteiger partial charge in [-0.25, -0.2) is 0 Å². The molecule has 3 rings (SSSR count). The van der Waals surface area contributed by atoms with E-state index in [9.17, 15) is 14.7 Å². The molecule has 0 unspecified atom stereocenters. The van der Waals surface area contributed by atoms with Crippen LogP contribution in [-0.2, 0) is 4.79 Å². The molecule has 2 aromatic rings. The number of imide groups is 1. The molecular weight excluding hydrogens is 354 g/mol. The minimum Gasteiger partial charge on any atom is -0.508 e. The van der Waals surface area contributed by atoms with Crippen molar-refractivity contribution in [2.24, 2.45) is 0 Å². The van der Waals surface area contributed by atoms with Crippen LogP contribution < -0.4 is 9.47 Å². The van der Waals surface area contributed by atoms with Crippen LogP contribution in [0.1, 0.15) is 5.56 Å². The van der Waals surface area contributed by atoms with E-state index in [0.717, 1.165) is 16.7 Å². The molecule has 1 aliphatic rings. The third kappa shape index (κ3) is 4.00. The molecule has 0 radical (unpaired) electrons. The molecule has 2 aromatic carbocycles. The summed E-state index contributed by atoms with van der Waals surface area (Å²) in [5, 5.41) is 9.16. The number of phenolic OH excluding ortho intramolecular Hbond substituents is 1. The van der Waals surface area contributed by atoms with Gasteiger partial charge in [0.2, 0.25) is 0 Å². The molecule has 1 fully saturated rings. The number of thioether (sulfide) groups is 1. The smallest absolute Gasteiger partial charge is 0.293 e. The zero-order chi connectivity index (χ0) is 18.5. The molecule has 0 aromatic heterocycles. The van der Waals surface area contributed by atoms with Crippen LogP contribution in [0.3, 0.4) is 0 Å². The van der Waals surface area contributed by atoms with Gasteiger partial charge in [-0.05, 0) is 47.7 Å². The van der Waals surface area contributed by atoms with Crippen molar-refractivity contribution in [3.63, 3.8) is 0 Å². The molecule has 2 amide bonds. The monoisotopic (exact) mass is 371 g/mol. The standard InChI is InChI=1S/C19H17NO5S/c1-24-15-7-2-3-8-16(15)25-10-9-20-18(22)17(26-19(20)23)12-13-5-4-6-14(21)11-13/h2-8,11-12,21H,9-10H2,1H3/b17-12-. The van der Waals surface area contributed by atoms with E-state index in [0.29, 0.717) is 22.0 Å². The third-order valence-corrected chi connectivity index (χ3v) is 4.59. The van der Waals surface area contributed by atoms with Crippen LogP contribution in [0.2, 0.25) is 0 Å². The van der Waals surface area contributed by atoms with E-state index in [1.807, 2.05) is 12.1 Å². The molecule has 0 saturated carbocycles. The number of para-hydroxylation sites is 2. The molecule has 6 nitrogen and oxygen atoms in total. The molecule has 1 aliphatic heterocycles. The summed E-state index contributed by atoms with van der Waals surface area (Å²) in [6.45, 7) is 0.303. The second kappa shape index (κ2) is 7.97. The van der Waals surface area contributed by atoms with Crippen molar-refractivity contribution in [1.29, 1.82) is 0 Å². The Bertz CT molecular complexity index is 865. The van der Waals surface area contributed by atoms with Crippen LogP contribution in [0, 0.1) is 0 Å². The van der Waals surface area contributed by atoms with Crippen molar-refractivity contribution in [3.8, 4) is 17.2 Å². The van der Waals surface area contributed by atoms with Gasteiger partial charge in [-0.2, -0.15) is 0 Å². The minimum atomic E-state index is -0.369. The van der Waals surface area contributed by atoms with E-state index in [4.69, 9.17) is 9.47 Å². The van der Waals surface area contributed by atoms with Crippen molar-refractivity contribution in [1.82, 2.24) is 4.90 Å². The quantitative estimate of drug-likeness (QED) is 0.783. The maximum absolute atomic E-state index is 12.4. The highest BCUT2D eigenvalue weighted by molar-refractivity contribution is 8.18. The van der Waals surface area contributed by atoms with Crippen molar-refractivity contribution in [3.05, 3.63) is 59.0 Å². The van der Waals surface area contributed by atoms with Crippen LogP contribution in [-0.4, -0.2) is 41.4 Å². The highest BCUT2D eigenvalue weighted by atomic mass is 32.2. The number of aromatic hydroxyl groups is 1. The van der Waals surface area contributed by atoms with Gasteiger partial charge in [0.25, 0.3) is 11.1 Å². The third-order valence-electron chi connectivity index (χ3n) is 3.68. The number of amides is 2. The van der Waals surface area contributed by atoms with Crippen LogP contribution in [0.15, 0.2) is 53.4 Å². The average molecular weight is 371 g/mol. The molecule has 26 heavy (non-hydrogen) atoms. The van der Waals surface area contributed by atoms with Gasteiger partial charge >= 0.3 is 0 Å². The highest BCUT2D eigenvalue weighted by Gasteiger charge is 2.34. The van der Waals surface area contributed by atoms with Gasteiger partial charge in [-0.1, -0.05) is 24.3 Å². The van der Waals surface area contributed by atoms with Gasteiger partial charge in [0.05, 0.1) is 18.6 Å². The van der Waals surface area contributed by atoms with E-state index in [1.165, 1.54) is 12.1 Å². The Balaban J connectivity index is 1.64. The van der Waals surface area contributed by atoms with E-state index in [2.05, 4.69) is 0 Å². The minimum absolute atomic E-state index is 0.100. The SMILES string of the molecule is COc1ccccc1OCCN1C(=O)S/C(=C\c2cccc(O)c2)C1=O. The van der Waals surface area contributed by atoms with Crippen molar-refractivity contribution in [2.75, 3.05) is 20.3 Å². The zero-order valence-electron chi connectivity index (χ0n) is 14.0. The molecule has 0 atom stereocenters. The summed E-state index contributed by atoms with van der Waals surface area (Å²) in [7, 11) is 1.55. The number of phenols is 1. The topological polar surface area (TPSA) is 76.1 Å². The summed E-state index contributed by atoms with van der Waals surface area (Å²) < 4.78 is 10.8. The molecule has 1 N–H and O–H groups in total. The number of carbonyl (C=O) groups is 2. The Labute approximate surface area is 155 Å². The predicted molar refractivity (Wildman–Crippen MR) is 99.3 cm³/mol. The Hall–Kier alpha value is -2.93. The van der Waals surface area contributed by atoms with Crippen molar-refractivity contribution in [2.45, 2.75) is 0 Å². The number of hydrogen-bond acceptors (Lipinski definition) is 6. The normalized spacial score (nSPS) is 15.6. The highest BCUT2D eigenvalue weighted by Crippen LogP contribution is 2.32. The summed E-state index contributed by atoms with van der Waals surface area (Å²) >= 11 is 0.873. The second-order valence-corrected chi connectivity index (χ2v) is 6.42. The first kappa shape index (κ1) is 17.9. The molecule has 0 bridgehead atoms. The summed E-state index contributed by atoms with van der Waals surface area (Å²) in [4.78, 5) is 26.0. The number of benzene rings is 2. The van der Waals surface area contributed by atoms with E-state index in [1.54, 1.807) is 37.5 Å². The Morgan fingerprint density at radius 3 is 2.62 bits per heavy atom. The number of ether oxygens (including phenoxy) is 2. The molecule has 0 spiro atoms. The van der Waals surface area contributed by atoms with Gasteiger partial charge in [0.1, 0.15) is 12.4 Å². The number of rotatable bonds is 6. The van der Waals surface area contributed by atoms with Crippen molar-refractivity contribution >= 4 is 29.0 Å². The van der Waals surface area contributed by atoms with Crippen LogP contribution >= 0.6 is 11.8 Å². The van der Waals surface area contributed by atoms with Gasteiger partial charge in [0.15, 0.2) is 11.5 Å². The number of hydrogen-bond donors (Lipinski definition) is 1. The van der Waals surface area contributed by atoms with Gasteiger partial charge in [-0.15, -0.1) is 0 Å². The fraction of sp³-hybridized carbons (Fsp3) is 0.158. The van der Waals surface area contributed by atoms with Crippen LogP contribution in [0.4, 0.5) is 4.79 Å². The average Bonchev–Trinajstić information content (AvgIpc) is 2.89. The summed E-state index contributed by atoms with van der Waals surface area (Å²) in [5.74, 6) is 0.873. The van der Waals surface area contributed by atoms with Gasteiger partial charge in [-0.3, -0.25) is 14.5 Å². The summed E-state index contributed by atoms with van der Waals surface area (Å²) in [5.41, 5.74) is 0.653. The first-order chi connectivity index (χ1) is 12.6. The van der Waals surface area contributed by atoms with Gasteiger partial charge < -0.3 is 14.6 Å². The predicted octanol–water partition coefficient (Wildman–Crippen LogP) is 3.52. The largest absolute Gasteiger partial charge is 0.508 e. The Morgan fingerprint density at radius 1 is 1.12 bits per heavy atom. The summed E-state index contributed by atoms with van der Waals surface area (Å²) in [6.07, 6.45) is 1.59. The van der Waals surface area contributed by atoms with Crippen molar-refractivity contribution < 1.29 is 24.2 Å². The van der Waals surface area contributed by atoms with Crippen LogP contribution in [0.5, 0.6) is 17.2 Å². The second-order valence-electron chi connectivity index (χ2n) is 5.43. The molecule has 1 saturated heterocycles. The summed E-state index contributed by atoms with van der Waals surface area (Å²) in [6, 6.07) is 13.7. The fourth-order valence-electron chi connectivity index (χ4n) is 2.44. The van der Waals surface area contributed by atoms with E-state index in [-0.39, 0.29) is 30.0 Å². The van der Waals surface area contributed by atoms with E-state index >= 15 is 0 Å². The Morgan fingerprint density at radius 2 is 1.88 bits per heavy atom.